The highest BCUT2D eigenvalue weighted by Crippen LogP contribution is 2.28. The van der Waals surface area contributed by atoms with Gasteiger partial charge in [0.2, 0.25) is 5.91 Å². The minimum Gasteiger partial charge on any atom is -0.394 e. The largest absolute Gasteiger partial charge is 0.394 e. The molecule has 326 valence electrons. The van der Waals surface area contributed by atoms with Crippen molar-refractivity contribution in [3.8, 4) is 0 Å². The van der Waals surface area contributed by atoms with Crippen molar-refractivity contribution in [2.75, 3.05) is 13.2 Å². The van der Waals surface area contributed by atoms with Crippen molar-refractivity contribution in [2.24, 2.45) is 0 Å². The van der Waals surface area contributed by atoms with E-state index in [1.165, 1.54) is 128 Å². The van der Waals surface area contributed by atoms with E-state index in [9.17, 15) is 25.2 Å². The van der Waals surface area contributed by atoms with Crippen LogP contribution in [-0.2, 0) is 27.8 Å². The lowest BCUT2D eigenvalue weighted by Crippen LogP contribution is -2.60. The molecule has 1 fully saturated rings. The fourth-order valence-corrected chi connectivity index (χ4v) is 7.41. The Labute approximate surface area is 338 Å². The van der Waals surface area contributed by atoms with Gasteiger partial charge in [-0.2, -0.15) is 0 Å². The molecule has 55 heavy (non-hydrogen) atoms. The van der Waals surface area contributed by atoms with Crippen LogP contribution in [0.1, 0.15) is 194 Å². The molecular weight excluding hydrogens is 727 g/mol. The van der Waals surface area contributed by atoms with Crippen LogP contribution >= 0.6 is 12.3 Å². The molecule has 0 spiro atoms. The van der Waals surface area contributed by atoms with Gasteiger partial charge < -0.3 is 35.2 Å². The fraction of sp³-hybridized carbons (Fsp3) is 0.929. The quantitative estimate of drug-likeness (QED) is 0.0114. The van der Waals surface area contributed by atoms with Gasteiger partial charge in [-0.1, -0.05) is 185 Å². The second-order valence-corrected chi connectivity index (χ2v) is 15.9. The van der Waals surface area contributed by atoms with Crippen LogP contribution in [0, 0.1) is 0 Å². The van der Waals surface area contributed by atoms with Gasteiger partial charge >= 0.3 is 0 Å². The highest BCUT2D eigenvalue weighted by Gasteiger charge is 2.46. The lowest BCUT2D eigenvalue weighted by molar-refractivity contribution is -0.435. The molecule has 5 unspecified atom stereocenters. The first-order valence-corrected chi connectivity index (χ1v) is 22.7. The Kier molecular flexibility index (Phi) is 35.5. The SMILES string of the molecule is CCCCCC=C[C@@H](O)[C@H](COC1OC(CO)C(O)C(OSOOO)C1O)NC(=O)CCCCCCCCCCCCCCCCCCCCCCCCC. The van der Waals surface area contributed by atoms with E-state index in [0.29, 0.717) is 6.42 Å². The monoisotopic (exact) mass is 808 g/mol. The third-order valence-electron chi connectivity index (χ3n) is 10.5. The molecular formula is C42H81NO11S. The number of unbranched alkanes of at least 4 members (excludes halogenated alkanes) is 25. The summed E-state index contributed by atoms with van der Waals surface area (Å²) in [5, 5.41) is 56.5. The molecule has 0 aromatic heterocycles. The fourth-order valence-electron chi connectivity index (χ4n) is 7.03. The molecule has 0 saturated carbocycles. The van der Waals surface area contributed by atoms with Crippen molar-refractivity contribution < 1.29 is 53.5 Å². The molecule has 0 bridgehead atoms. The Morgan fingerprint density at radius 3 is 1.67 bits per heavy atom. The van der Waals surface area contributed by atoms with Crippen LogP contribution in [0.2, 0.25) is 0 Å². The average molecular weight is 808 g/mol. The Balaban J connectivity index is 2.26. The summed E-state index contributed by atoms with van der Waals surface area (Å²) in [7, 11) is 0. The minimum absolute atomic E-state index is 0.166. The standard InChI is InChI=1S/C42H81NO11S/c1-3-5-7-9-10-11-12-13-14-15-16-17-18-19-20-21-22-23-24-25-26-28-30-32-38(46)43-35(36(45)31-29-27-8-6-4-2)34-50-42-40(48)41(52-55-54-53-49)39(47)37(33-44)51-42/h29,31,35-37,39-42,44-45,47-49H,3-28,30,32-34H2,1-2H3,(H,43,46)/t35-,36+,37?,39?,40?,41?,42?/m0/s1. The van der Waals surface area contributed by atoms with Gasteiger partial charge in [0.15, 0.2) is 18.6 Å². The zero-order valence-corrected chi connectivity index (χ0v) is 35.3. The van der Waals surface area contributed by atoms with Crippen LogP contribution in [0.3, 0.4) is 0 Å². The van der Waals surface area contributed by atoms with Crippen LogP contribution in [0.4, 0.5) is 0 Å². The van der Waals surface area contributed by atoms with Crippen molar-refractivity contribution in [2.45, 2.75) is 236 Å². The van der Waals surface area contributed by atoms with Gasteiger partial charge in [0.05, 0.1) is 25.4 Å². The predicted octanol–water partition coefficient (Wildman–Crippen LogP) is 9.18. The number of carbonyl (C=O) groups is 1. The predicted molar refractivity (Wildman–Crippen MR) is 219 cm³/mol. The van der Waals surface area contributed by atoms with Gasteiger partial charge in [-0.15, -0.1) is 4.33 Å². The number of amides is 1. The molecule has 12 nitrogen and oxygen atoms in total. The van der Waals surface area contributed by atoms with Crippen molar-refractivity contribution in [1.29, 1.82) is 0 Å². The molecule has 0 aromatic rings. The van der Waals surface area contributed by atoms with Crippen LogP contribution in [0.25, 0.3) is 0 Å². The number of ether oxygens (including phenoxy) is 2. The van der Waals surface area contributed by atoms with E-state index < -0.39 is 49.5 Å². The lowest BCUT2D eigenvalue weighted by Gasteiger charge is -2.41. The molecule has 13 heteroatoms. The zero-order valence-electron chi connectivity index (χ0n) is 34.5. The maximum Gasteiger partial charge on any atom is 0.220 e. The zero-order chi connectivity index (χ0) is 40.2. The third-order valence-corrected chi connectivity index (χ3v) is 11.0. The molecule has 1 heterocycles. The molecule has 1 aliphatic rings. The molecule has 1 saturated heterocycles. The van der Waals surface area contributed by atoms with E-state index in [4.69, 9.17) is 18.9 Å². The molecule has 6 N–H and O–H groups in total. The van der Waals surface area contributed by atoms with Crippen molar-refractivity contribution >= 4 is 18.2 Å². The molecule has 1 rings (SSSR count). The van der Waals surface area contributed by atoms with Gasteiger partial charge in [-0.05, 0) is 19.3 Å². The Morgan fingerprint density at radius 1 is 0.727 bits per heavy atom. The molecule has 7 atom stereocenters. The lowest BCUT2D eigenvalue weighted by atomic mass is 9.99. The number of aliphatic hydroxyl groups is 4. The van der Waals surface area contributed by atoms with E-state index in [-0.39, 0.29) is 24.8 Å². The van der Waals surface area contributed by atoms with Crippen LogP contribution in [0.15, 0.2) is 12.2 Å². The van der Waals surface area contributed by atoms with Crippen molar-refractivity contribution in [3.63, 3.8) is 0 Å². The van der Waals surface area contributed by atoms with E-state index in [1.54, 1.807) is 6.08 Å². The number of nitrogens with one attached hydrogen (secondary N) is 1. The first-order chi connectivity index (χ1) is 26.9. The van der Waals surface area contributed by atoms with Crippen LogP contribution < -0.4 is 5.32 Å². The summed E-state index contributed by atoms with van der Waals surface area (Å²) in [6.45, 7) is 3.58. The number of hydrogen-bond acceptors (Lipinski definition) is 12. The normalized spacial score (nSPS) is 21.3. The van der Waals surface area contributed by atoms with Crippen molar-refractivity contribution in [1.82, 2.24) is 5.32 Å². The number of hydrogen-bond donors (Lipinski definition) is 6. The molecule has 1 aliphatic heterocycles. The van der Waals surface area contributed by atoms with Crippen LogP contribution in [0.5, 0.6) is 0 Å². The minimum atomic E-state index is -1.54. The van der Waals surface area contributed by atoms with Gasteiger partial charge in [-0.3, -0.25) is 8.98 Å². The first-order valence-electron chi connectivity index (χ1n) is 22.1. The van der Waals surface area contributed by atoms with E-state index in [1.807, 2.05) is 6.08 Å². The first kappa shape index (κ1) is 52.2. The van der Waals surface area contributed by atoms with Crippen LogP contribution in [-0.4, -0.2) is 87.7 Å². The van der Waals surface area contributed by atoms with Gasteiger partial charge in [0.25, 0.3) is 0 Å². The van der Waals surface area contributed by atoms with E-state index in [2.05, 4.69) is 28.5 Å². The summed E-state index contributed by atoms with van der Waals surface area (Å²) in [6.07, 6.45) is 30.0. The Morgan fingerprint density at radius 2 is 1.20 bits per heavy atom. The maximum absolute atomic E-state index is 12.9. The molecule has 0 aliphatic carbocycles. The average Bonchev–Trinajstić information content (AvgIpc) is 3.18. The molecule has 0 radical (unpaired) electrons. The Hall–Kier alpha value is -0.840. The Bertz CT molecular complexity index is 888. The van der Waals surface area contributed by atoms with Gasteiger partial charge in [-0.25, -0.2) is 5.26 Å². The second-order valence-electron chi connectivity index (χ2n) is 15.4. The summed E-state index contributed by atoms with van der Waals surface area (Å²) in [6, 6.07) is -0.838. The summed E-state index contributed by atoms with van der Waals surface area (Å²) in [5.74, 6) is -0.205. The van der Waals surface area contributed by atoms with Gasteiger partial charge in [0.1, 0.15) is 24.4 Å². The number of rotatable bonds is 39. The summed E-state index contributed by atoms with van der Waals surface area (Å²) in [5.41, 5.74) is 0. The molecule has 0 aromatic carbocycles. The smallest absolute Gasteiger partial charge is 0.220 e. The highest BCUT2D eigenvalue weighted by atomic mass is 32.2. The number of carbonyl (C=O) groups excluding carboxylic acids is 1. The van der Waals surface area contributed by atoms with E-state index >= 15 is 0 Å². The topological polar surface area (TPSA) is 176 Å². The summed E-state index contributed by atoms with van der Waals surface area (Å²) in [4.78, 5) is 12.9. The number of allylic oxidation sites excluding steroid dienone is 1. The highest BCUT2D eigenvalue weighted by molar-refractivity contribution is 7.89. The number of aliphatic hydroxyl groups excluding tert-OH is 4. The molecule has 1 amide bonds. The van der Waals surface area contributed by atoms with Gasteiger partial charge in [0, 0.05) is 6.42 Å². The van der Waals surface area contributed by atoms with E-state index in [0.717, 1.165) is 44.9 Å². The second kappa shape index (κ2) is 37.4. The summed E-state index contributed by atoms with van der Waals surface area (Å²) >= 11 is 0.166. The summed E-state index contributed by atoms with van der Waals surface area (Å²) < 4.78 is 20.7. The third kappa shape index (κ3) is 27.5. The van der Waals surface area contributed by atoms with Crippen molar-refractivity contribution in [3.05, 3.63) is 12.2 Å². The maximum atomic E-state index is 12.9.